The Morgan fingerprint density at radius 1 is 1.19 bits per heavy atom. The first-order chi connectivity index (χ1) is 21.1. The lowest BCUT2D eigenvalue weighted by molar-refractivity contribution is -0.128. The van der Waals surface area contributed by atoms with Crippen LogP contribution in [-0.2, 0) is 11.2 Å². The molecule has 0 spiro atoms. The fraction of sp³-hybridized carbons (Fsp3) is 0.500. The van der Waals surface area contributed by atoms with Gasteiger partial charge in [-0.15, -0.1) is 0 Å². The smallest absolute Gasteiger partial charge is 0.319 e. The molecule has 9 nitrogen and oxygen atoms in total. The van der Waals surface area contributed by atoms with Crippen LogP contribution in [-0.4, -0.2) is 88.1 Å². The number of hydrogen-bond acceptors (Lipinski definition) is 7. The molecule has 43 heavy (non-hydrogen) atoms. The molecule has 0 unspecified atom stereocenters. The second kappa shape index (κ2) is 10.3. The van der Waals surface area contributed by atoms with Gasteiger partial charge in [-0.2, -0.15) is 9.97 Å². The lowest BCUT2D eigenvalue weighted by Crippen LogP contribution is -2.56. The molecule has 3 saturated heterocycles. The normalized spacial score (nSPS) is 25.2. The first-order valence-corrected chi connectivity index (χ1v) is 15.8. The average Bonchev–Trinajstić information content (AvgIpc) is 3.32. The van der Waals surface area contributed by atoms with Crippen molar-refractivity contribution in [3.63, 3.8) is 0 Å². The Labute approximate surface area is 252 Å². The number of amides is 1. The molecule has 220 valence electrons. The quantitative estimate of drug-likeness (QED) is 0.304. The summed E-state index contributed by atoms with van der Waals surface area (Å²) in [5, 5.41) is 0. The maximum Gasteiger partial charge on any atom is 0.319 e. The molecule has 8 rings (SSSR count). The van der Waals surface area contributed by atoms with Gasteiger partial charge in [-0.1, -0.05) is 24.8 Å². The summed E-state index contributed by atoms with van der Waals surface area (Å²) in [6.45, 7) is 15.8. The van der Waals surface area contributed by atoms with E-state index in [1.165, 1.54) is 48.4 Å². The van der Waals surface area contributed by atoms with Gasteiger partial charge in [0.05, 0.1) is 11.1 Å². The minimum atomic E-state index is -0.256. The van der Waals surface area contributed by atoms with Crippen molar-refractivity contribution in [3.8, 4) is 17.1 Å². The minimum Gasteiger partial charge on any atom is -0.461 e. The molecule has 9 heteroatoms. The third kappa shape index (κ3) is 4.46. The summed E-state index contributed by atoms with van der Waals surface area (Å²) in [5.41, 5.74) is 6.88. The van der Waals surface area contributed by atoms with Gasteiger partial charge in [0.2, 0.25) is 12.5 Å². The minimum absolute atomic E-state index is 0.0847. The molecule has 1 amide bonds. The van der Waals surface area contributed by atoms with Crippen LogP contribution < -0.4 is 9.64 Å². The van der Waals surface area contributed by atoms with Gasteiger partial charge in [0.15, 0.2) is 5.82 Å². The largest absolute Gasteiger partial charge is 0.461 e. The van der Waals surface area contributed by atoms with Crippen LogP contribution in [0.5, 0.6) is 6.01 Å². The zero-order valence-corrected chi connectivity index (χ0v) is 24.5. The second-order valence-electron chi connectivity index (χ2n) is 13.0. The fourth-order valence-electron chi connectivity index (χ4n) is 8.38. The number of fused-ring (bicyclic) bond motifs is 5. The average molecular weight is 576 g/mol. The van der Waals surface area contributed by atoms with Crippen molar-refractivity contribution in [2.24, 2.45) is 5.92 Å². The Balaban J connectivity index is 1.18. The Morgan fingerprint density at radius 3 is 2.86 bits per heavy atom. The Morgan fingerprint density at radius 2 is 2.05 bits per heavy atom. The van der Waals surface area contributed by atoms with Crippen LogP contribution in [0.3, 0.4) is 0 Å². The van der Waals surface area contributed by atoms with E-state index in [2.05, 4.69) is 45.5 Å². The highest BCUT2D eigenvalue weighted by atomic mass is 16.5. The van der Waals surface area contributed by atoms with Crippen molar-refractivity contribution < 1.29 is 9.53 Å². The lowest BCUT2D eigenvalue weighted by atomic mass is 9.95. The zero-order valence-electron chi connectivity index (χ0n) is 24.5. The highest BCUT2D eigenvalue weighted by molar-refractivity contribution is 5.90. The molecule has 0 radical (unpaired) electrons. The SMILES string of the molecule is [C-]#[N+]C[C@H]1CN(c2nc(OCC34CCCN3CCC4)nc3cc(-c4cccc5c4[C@H]4C[C@H]4C5)cnc23)CCN1C(=O)C=C. The van der Waals surface area contributed by atoms with Crippen LogP contribution in [0.2, 0.25) is 0 Å². The van der Waals surface area contributed by atoms with Crippen molar-refractivity contribution in [2.75, 3.05) is 50.8 Å². The number of carbonyl (C=O) groups is 1. The van der Waals surface area contributed by atoms with E-state index in [0.717, 1.165) is 48.4 Å². The molecule has 3 aliphatic heterocycles. The molecule has 3 atom stereocenters. The summed E-state index contributed by atoms with van der Waals surface area (Å²) < 4.78 is 6.48. The molecule has 1 saturated carbocycles. The molecule has 4 fully saturated rings. The number of pyridine rings is 1. The van der Waals surface area contributed by atoms with Crippen molar-refractivity contribution >= 4 is 22.8 Å². The predicted molar refractivity (Wildman–Crippen MR) is 165 cm³/mol. The van der Waals surface area contributed by atoms with E-state index in [0.29, 0.717) is 44.0 Å². The third-order valence-corrected chi connectivity index (χ3v) is 10.6. The van der Waals surface area contributed by atoms with Gasteiger partial charge in [-0.3, -0.25) is 14.7 Å². The highest BCUT2D eigenvalue weighted by Crippen LogP contribution is 2.58. The summed E-state index contributed by atoms with van der Waals surface area (Å²) in [6.07, 6.45) is 10.5. The van der Waals surface area contributed by atoms with E-state index in [4.69, 9.17) is 26.3 Å². The molecular weight excluding hydrogens is 538 g/mol. The number of carbonyl (C=O) groups excluding carboxylic acids is 1. The van der Waals surface area contributed by atoms with E-state index < -0.39 is 0 Å². The van der Waals surface area contributed by atoms with Gasteiger partial charge in [0.25, 0.3) is 0 Å². The molecule has 3 aromatic rings. The van der Waals surface area contributed by atoms with Gasteiger partial charge in [0, 0.05) is 31.4 Å². The summed E-state index contributed by atoms with van der Waals surface area (Å²) in [7, 11) is 0. The molecule has 2 aliphatic carbocycles. The summed E-state index contributed by atoms with van der Waals surface area (Å²) >= 11 is 0. The molecular formula is C34H37N7O2. The van der Waals surface area contributed by atoms with Crippen LogP contribution in [0.1, 0.15) is 49.1 Å². The molecule has 5 heterocycles. The molecule has 1 aromatic carbocycles. The van der Waals surface area contributed by atoms with E-state index in [1.54, 1.807) is 4.90 Å². The van der Waals surface area contributed by atoms with E-state index in [-0.39, 0.29) is 24.0 Å². The number of nitrogens with zero attached hydrogens (tertiary/aromatic N) is 7. The number of hydrogen-bond donors (Lipinski definition) is 0. The first-order valence-electron chi connectivity index (χ1n) is 15.8. The summed E-state index contributed by atoms with van der Waals surface area (Å²) in [4.78, 5) is 37.6. The van der Waals surface area contributed by atoms with E-state index >= 15 is 0 Å². The number of aromatic nitrogens is 3. The van der Waals surface area contributed by atoms with Crippen molar-refractivity contribution in [1.82, 2.24) is 24.8 Å². The van der Waals surface area contributed by atoms with Crippen LogP contribution in [0.15, 0.2) is 43.1 Å². The summed E-state index contributed by atoms with van der Waals surface area (Å²) in [6, 6.07) is 8.93. The number of piperazine rings is 1. The Kier molecular flexibility index (Phi) is 6.37. The van der Waals surface area contributed by atoms with Crippen molar-refractivity contribution in [2.45, 2.75) is 56.0 Å². The molecule has 0 N–H and O–H groups in total. The lowest BCUT2D eigenvalue weighted by Gasteiger charge is -2.39. The summed E-state index contributed by atoms with van der Waals surface area (Å²) in [5.74, 6) is 2.05. The molecule has 2 aromatic heterocycles. The van der Waals surface area contributed by atoms with E-state index in [9.17, 15) is 4.79 Å². The number of anilines is 1. The first kappa shape index (κ1) is 26.6. The number of ether oxygens (including phenoxy) is 1. The van der Waals surface area contributed by atoms with Crippen LogP contribution in [0, 0.1) is 12.5 Å². The Bertz CT molecular complexity index is 1650. The highest BCUT2D eigenvalue weighted by Gasteiger charge is 2.47. The van der Waals surface area contributed by atoms with Gasteiger partial charge in [-0.25, -0.2) is 6.57 Å². The van der Waals surface area contributed by atoms with Crippen molar-refractivity contribution in [1.29, 1.82) is 0 Å². The fourth-order valence-corrected chi connectivity index (χ4v) is 8.38. The van der Waals surface area contributed by atoms with Gasteiger partial charge >= 0.3 is 6.01 Å². The van der Waals surface area contributed by atoms with Crippen molar-refractivity contribution in [3.05, 3.63) is 65.7 Å². The van der Waals surface area contributed by atoms with Crippen LogP contribution in [0.25, 0.3) is 27.0 Å². The van der Waals surface area contributed by atoms with Gasteiger partial charge in [-0.05, 0) is 92.3 Å². The van der Waals surface area contributed by atoms with Gasteiger partial charge < -0.3 is 19.4 Å². The monoisotopic (exact) mass is 575 g/mol. The van der Waals surface area contributed by atoms with E-state index in [1.807, 2.05) is 6.20 Å². The maximum absolute atomic E-state index is 12.6. The van der Waals surface area contributed by atoms with Gasteiger partial charge in [0.1, 0.15) is 18.2 Å². The second-order valence-corrected chi connectivity index (χ2v) is 13.0. The standard InChI is InChI=1S/C34H37N7O2/c1-3-29(42)41-14-13-39(20-25(41)19-35-2)32-31-28(37-33(38-32)43-21-34-9-5-11-40(34)12-6-10-34)17-24(18-36-31)26-8-4-7-22-15-23-16-27(23)30(22)26/h3-4,7-8,17-18,23,25,27H,1,5-6,9-16,19-21H2/t23-,25+,27+/m1/s1. The predicted octanol–water partition coefficient (Wildman–Crippen LogP) is 4.48. The number of benzene rings is 1. The zero-order chi connectivity index (χ0) is 29.1. The van der Waals surface area contributed by atoms with Crippen LogP contribution >= 0.6 is 0 Å². The third-order valence-electron chi connectivity index (χ3n) is 10.6. The Hall–Kier alpha value is -4.03. The molecule has 5 aliphatic rings. The van der Waals surface area contributed by atoms with Crippen LogP contribution in [0.4, 0.5) is 5.82 Å². The topological polar surface area (TPSA) is 79.1 Å². The number of rotatable bonds is 7. The maximum atomic E-state index is 12.6. The molecule has 0 bridgehead atoms.